The molecule has 1 fully saturated rings. The topological polar surface area (TPSA) is 78.5 Å². The largest absolute Gasteiger partial charge is 0.356 e. The van der Waals surface area contributed by atoms with Crippen molar-refractivity contribution in [2.75, 3.05) is 16.8 Å². The number of para-hydroxylation sites is 2. The zero-order valence-corrected chi connectivity index (χ0v) is 14.8. The van der Waals surface area contributed by atoms with Crippen molar-refractivity contribution in [2.24, 2.45) is 0 Å². The summed E-state index contributed by atoms with van der Waals surface area (Å²) in [6.07, 6.45) is 2.01. The molecule has 0 radical (unpaired) electrons. The maximum atomic E-state index is 12.4. The smallest absolute Gasteiger partial charge is 0.247 e. The molecule has 2 N–H and O–H groups in total. The van der Waals surface area contributed by atoms with Gasteiger partial charge in [0.25, 0.3) is 0 Å². The fourth-order valence-corrected chi connectivity index (χ4v) is 4.54. The number of hydrogen-bond acceptors (Lipinski definition) is 4. The molecule has 2 aromatic rings. The van der Waals surface area contributed by atoms with E-state index in [-0.39, 0.29) is 18.0 Å². The number of anilines is 2. The van der Waals surface area contributed by atoms with Gasteiger partial charge in [-0.25, -0.2) is 13.1 Å². The van der Waals surface area contributed by atoms with E-state index >= 15 is 0 Å². The van der Waals surface area contributed by atoms with Crippen LogP contribution in [0.3, 0.4) is 0 Å². The van der Waals surface area contributed by atoms with E-state index < -0.39 is 10.0 Å². The maximum Gasteiger partial charge on any atom is 0.247 e. The van der Waals surface area contributed by atoms with Crippen LogP contribution >= 0.6 is 0 Å². The molecule has 1 saturated heterocycles. The Hall–Kier alpha value is -2.64. The molecule has 0 aliphatic carbocycles. The van der Waals surface area contributed by atoms with Crippen molar-refractivity contribution in [3.63, 3.8) is 0 Å². The molecule has 0 saturated carbocycles. The summed E-state index contributed by atoms with van der Waals surface area (Å²) in [6.45, 7) is 0.466. The quantitative estimate of drug-likeness (QED) is 0.866. The first-order chi connectivity index (χ1) is 12.5. The van der Waals surface area contributed by atoms with E-state index in [1.165, 1.54) is 5.41 Å². The molecule has 2 atom stereocenters. The molecule has 2 unspecified atom stereocenters. The standard InChI is InChI=1S/C19H19N3O3S/c23-19-18-12-15(13-22(18)17-9-5-4-8-16(17)20-19)21-26(24,25)11-10-14-6-2-1-3-7-14/h1-11,15,18,21H,12-13H2,(H,20,23)/b11-10+. The molecule has 4 rings (SSSR count). The summed E-state index contributed by atoms with van der Waals surface area (Å²) < 4.78 is 27.4. The van der Waals surface area contributed by atoms with Crippen molar-refractivity contribution in [1.82, 2.24) is 4.72 Å². The predicted octanol–water partition coefficient (Wildman–Crippen LogP) is 2.18. The van der Waals surface area contributed by atoms with Gasteiger partial charge < -0.3 is 10.2 Å². The number of benzene rings is 2. The third kappa shape index (κ3) is 3.36. The van der Waals surface area contributed by atoms with E-state index in [9.17, 15) is 13.2 Å². The Kier molecular flexibility index (Phi) is 4.26. The minimum atomic E-state index is -3.59. The van der Waals surface area contributed by atoms with Crippen molar-refractivity contribution in [3.05, 3.63) is 65.6 Å². The minimum Gasteiger partial charge on any atom is -0.356 e. The number of hydrogen-bond donors (Lipinski definition) is 2. The number of sulfonamides is 1. The average molecular weight is 369 g/mol. The summed E-state index contributed by atoms with van der Waals surface area (Å²) in [6, 6.07) is 16.1. The van der Waals surface area contributed by atoms with Gasteiger partial charge >= 0.3 is 0 Å². The van der Waals surface area contributed by atoms with Crippen molar-refractivity contribution < 1.29 is 13.2 Å². The lowest BCUT2D eigenvalue weighted by Gasteiger charge is -2.32. The van der Waals surface area contributed by atoms with Crippen LogP contribution in [0.4, 0.5) is 11.4 Å². The van der Waals surface area contributed by atoms with Gasteiger partial charge in [0.2, 0.25) is 15.9 Å². The monoisotopic (exact) mass is 369 g/mol. The second-order valence-corrected chi connectivity index (χ2v) is 8.08. The van der Waals surface area contributed by atoms with Crippen LogP contribution in [0.1, 0.15) is 12.0 Å². The van der Waals surface area contributed by atoms with Crippen LogP contribution in [0.5, 0.6) is 0 Å². The molecule has 2 aromatic carbocycles. The Morgan fingerprint density at radius 2 is 1.81 bits per heavy atom. The molecule has 2 heterocycles. The van der Waals surface area contributed by atoms with Gasteiger partial charge in [0.05, 0.1) is 11.4 Å². The Balaban J connectivity index is 1.49. The first-order valence-electron chi connectivity index (χ1n) is 8.44. The number of fused-ring (bicyclic) bond motifs is 3. The fourth-order valence-electron chi connectivity index (χ4n) is 3.49. The first kappa shape index (κ1) is 16.8. The van der Waals surface area contributed by atoms with E-state index in [2.05, 4.69) is 10.0 Å². The number of carbonyl (C=O) groups excluding carboxylic acids is 1. The second-order valence-electron chi connectivity index (χ2n) is 6.48. The summed E-state index contributed by atoms with van der Waals surface area (Å²) in [5.41, 5.74) is 2.51. The van der Waals surface area contributed by atoms with Gasteiger partial charge in [0.15, 0.2) is 0 Å². The summed E-state index contributed by atoms with van der Waals surface area (Å²) in [4.78, 5) is 14.3. The van der Waals surface area contributed by atoms with Crippen LogP contribution in [-0.4, -0.2) is 33.0 Å². The van der Waals surface area contributed by atoms with E-state index in [4.69, 9.17) is 0 Å². The maximum absolute atomic E-state index is 12.4. The molecule has 2 aliphatic heterocycles. The molecule has 0 bridgehead atoms. The van der Waals surface area contributed by atoms with Gasteiger partial charge in [-0.2, -0.15) is 0 Å². The van der Waals surface area contributed by atoms with Crippen LogP contribution in [0.25, 0.3) is 6.08 Å². The van der Waals surface area contributed by atoms with Gasteiger partial charge in [-0.1, -0.05) is 42.5 Å². The van der Waals surface area contributed by atoms with Crippen LogP contribution in [0.15, 0.2) is 60.0 Å². The second kappa shape index (κ2) is 6.59. The lowest BCUT2D eigenvalue weighted by Crippen LogP contribution is -2.43. The molecule has 2 aliphatic rings. The van der Waals surface area contributed by atoms with E-state index in [1.54, 1.807) is 6.08 Å². The van der Waals surface area contributed by atoms with Crippen molar-refractivity contribution in [2.45, 2.75) is 18.5 Å². The molecule has 1 amide bonds. The minimum absolute atomic E-state index is 0.0924. The number of amides is 1. The molecule has 0 aromatic heterocycles. The summed E-state index contributed by atoms with van der Waals surface area (Å²) >= 11 is 0. The molecule has 26 heavy (non-hydrogen) atoms. The number of rotatable bonds is 4. The van der Waals surface area contributed by atoms with Gasteiger partial charge in [-0.15, -0.1) is 0 Å². The van der Waals surface area contributed by atoms with Crippen LogP contribution in [0, 0.1) is 0 Å². The molecule has 0 spiro atoms. The first-order valence-corrected chi connectivity index (χ1v) is 9.98. The van der Waals surface area contributed by atoms with Gasteiger partial charge in [0, 0.05) is 18.0 Å². The van der Waals surface area contributed by atoms with Crippen molar-refractivity contribution in [3.8, 4) is 0 Å². The van der Waals surface area contributed by atoms with Crippen LogP contribution in [-0.2, 0) is 14.8 Å². The van der Waals surface area contributed by atoms with Gasteiger partial charge in [-0.05, 0) is 30.2 Å². The van der Waals surface area contributed by atoms with E-state index in [1.807, 2.05) is 59.5 Å². The Morgan fingerprint density at radius 1 is 1.08 bits per heavy atom. The number of nitrogens with one attached hydrogen (secondary N) is 2. The lowest BCUT2D eigenvalue weighted by atomic mass is 10.1. The van der Waals surface area contributed by atoms with Gasteiger partial charge in [-0.3, -0.25) is 4.79 Å². The highest BCUT2D eigenvalue weighted by Crippen LogP contribution is 2.36. The highest BCUT2D eigenvalue weighted by atomic mass is 32.2. The number of carbonyl (C=O) groups is 1. The highest BCUT2D eigenvalue weighted by Gasteiger charge is 2.41. The molecule has 6 nitrogen and oxygen atoms in total. The van der Waals surface area contributed by atoms with E-state index in [0.717, 1.165) is 16.9 Å². The SMILES string of the molecule is O=C1Nc2ccccc2N2CC(NS(=O)(=O)/C=C/c3ccccc3)CC12. The van der Waals surface area contributed by atoms with Crippen molar-refractivity contribution in [1.29, 1.82) is 0 Å². The summed E-state index contributed by atoms with van der Waals surface area (Å²) in [5.74, 6) is -0.0924. The normalized spacial score (nSPS) is 22.2. The zero-order chi connectivity index (χ0) is 18.1. The number of nitrogens with zero attached hydrogens (tertiary/aromatic N) is 1. The highest BCUT2D eigenvalue weighted by molar-refractivity contribution is 7.92. The van der Waals surface area contributed by atoms with Gasteiger partial charge in [0.1, 0.15) is 6.04 Å². The lowest BCUT2D eigenvalue weighted by molar-refractivity contribution is -0.117. The molecule has 7 heteroatoms. The third-order valence-electron chi connectivity index (χ3n) is 4.65. The summed E-state index contributed by atoms with van der Waals surface area (Å²) in [7, 11) is -3.59. The zero-order valence-electron chi connectivity index (χ0n) is 14.0. The third-order valence-corrected chi connectivity index (χ3v) is 5.80. The Labute approximate surface area is 152 Å². The Morgan fingerprint density at radius 3 is 2.62 bits per heavy atom. The summed E-state index contributed by atoms with van der Waals surface area (Å²) in [5, 5.41) is 4.06. The molecular formula is C19H19N3O3S. The molecule has 134 valence electrons. The van der Waals surface area contributed by atoms with Crippen LogP contribution in [0.2, 0.25) is 0 Å². The predicted molar refractivity (Wildman–Crippen MR) is 102 cm³/mol. The molecular weight excluding hydrogens is 350 g/mol. The van der Waals surface area contributed by atoms with E-state index in [0.29, 0.717) is 13.0 Å². The fraction of sp³-hybridized carbons (Fsp3) is 0.211. The van der Waals surface area contributed by atoms with Crippen LogP contribution < -0.4 is 14.9 Å². The van der Waals surface area contributed by atoms with Crippen molar-refractivity contribution >= 4 is 33.4 Å². The Bertz CT molecular complexity index is 957. The average Bonchev–Trinajstić information content (AvgIpc) is 3.05.